The van der Waals surface area contributed by atoms with E-state index in [-0.39, 0.29) is 37.7 Å². The van der Waals surface area contributed by atoms with Crippen LogP contribution in [0.15, 0.2) is 83.2 Å². The van der Waals surface area contributed by atoms with Crippen molar-refractivity contribution < 1.29 is 22.0 Å². The highest BCUT2D eigenvalue weighted by atomic mass is 35.5. The summed E-state index contributed by atoms with van der Waals surface area (Å²) >= 11 is 6.76. The van der Waals surface area contributed by atoms with Crippen LogP contribution in [0.3, 0.4) is 0 Å². The van der Waals surface area contributed by atoms with Gasteiger partial charge in [-0.2, -0.15) is 4.99 Å². The minimum Gasteiger partial charge on any atom is -0.310 e. The van der Waals surface area contributed by atoms with E-state index in [1.165, 1.54) is 65.2 Å². The second-order valence-corrected chi connectivity index (χ2v) is 10.2. The average Bonchev–Trinajstić information content (AvgIpc) is 3.11. The van der Waals surface area contributed by atoms with E-state index in [9.17, 15) is 22.0 Å². The van der Waals surface area contributed by atoms with Crippen molar-refractivity contribution in [2.24, 2.45) is 4.99 Å². The molecule has 0 radical (unpaired) electrons. The molecule has 1 N–H and O–H groups in total. The van der Waals surface area contributed by atoms with Crippen LogP contribution in [-0.4, -0.2) is 18.9 Å². The molecule has 0 saturated heterocycles. The number of hydrogen-bond acceptors (Lipinski definition) is 4. The van der Waals surface area contributed by atoms with Gasteiger partial charge in [-0.05, 0) is 48.5 Å². The third-order valence-electron chi connectivity index (χ3n) is 4.69. The van der Waals surface area contributed by atoms with E-state index in [1.54, 1.807) is 0 Å². The average molecular weight is 520 g/mol. The van der Waals surface area contributed by atoms with Crippen LogP contribution < -0.4 is 9.52 Å². The van der Waals surface area contributed by atoms with E-state index in [4.69, 9.17) is 11.6 Å². The highest BCUT2D eigenvalue weighted by molar-refractivity contribution is 7.92. The quantitative estimate of drug-likeness (QED) is 0.348. The topological polar surface area (TPSA) is 80.5 Å². The third-order valence-corrected chi connectivity index (χ3v) is 7.36. The molecule has 0 unspecified atom stereocenters. The fraction of sp³-hybridized carbons (Fsp3) is 0.0435. The predicted molar refractivity (Wildman–Crippen MR) is 129 cm³/mol. The van der Waals surface area contributed by atoms with Crippen LogP contribution in [0.25, 0.3) is 10.2 Å². The number of allylic oxidation sites excluding steroid dienone is 1. The Morgan fingerprint density at radius 2 is 1.88 bits per heavy atom. The Morgan fingerprint density at radius 1 is 1.15 bits per heavy atom. The molecule has 4 aromatic rings. The van der Waals surface area contributed by atoms with E-state index in [0.717, 1.165) is 17.4 Å². The Hall–Kier alpha value is -3.34. The first-order valence-electron chi connectivity index (χ1n) is 9.75. The number of anilines is 1. The molecule has 0 aliphatic carbocycles. The van der Waals surface area contributed by atoms with Crippen molar-refractivity contribution in [3.8, 4) is 0 Å². The van der Waals surface area contributed by atoms with E-state index >= 15 is 0 Å². The van der Waals surface area contributed by atoms with Crippen LogP contribution in [0, 0.1) is 11.6 Å². The van der Waals surface area contributed by atoms with Gasteiger partial charge in [-0.3, -0.25) is 9.52 Å². The molecule has 1 amide bonds. The number of sulfonamides is 1. The van der Waals surface area contributed by atoms with Gasteiger partial charge in [0.1, 0.15) is 5.82 Å². The molecule has 6 nitrogen and oxygen atoms in total. The zero-order valence-electron chi connectivity index (χ0n) is 17.3. The second-order valence-electron chi connectivity index (χ2n) is 7.08. The lowest BCUT2D eigenvalue weighted by Gasteiger charge is -2.09. The normalized spacial score (nSPS) is 12.1. The van der Waals surface area contributed by atoms with Gasteiger partial charge in [0.15, 0.2) is 10.6 Å². The van der Waals surface area contributed by atoms with E-state index in [0.29, 0.717) is 5.02 Å². The number of amides is 1. The molecule has 0 aliphatic heterocycles. The van der Waals surface area contributed by atoms with Crippen molar-refractivity contribution in [3.63, 3.8) is 0 Å². The molecule has 0 aliphatic rings. The maximum absolute atomic E-state index is 14.4. The maximum Gasteiger partial charge on any atom is 0.279 e. The summed E-state index contributed by atoms with van der Waals surface area (Å²) in [4.78, 5) is 17.1. The lowest BCUT2D eigenvalue weighted by Crippen LogP contribution is -2.17. The summed E-state index contributed by atoms with van der Waals surface area (Å²) in [5.41, 5.74) is 0.368. The van der Waals surface area contributed by atoms with E-state index in [2.05, 4.69) is 16.3 Å². The van der Waals surface area contributed by atoms with Crippen molar-refractivity contribution in [2.75, 3.05) is 4.72 Å². The number of nitrogens with one attached hydrogen (secondary N) is 1. The Kier molecular flexibility index (Phi) is 6.65. The minimum absolute atomic E-state index is 0.00307. The van der Waals surface area contributed by atoms with Crippen LogP contribution in [0.1, 0.15) is 10.4 Å². The minimum atomic E-state index is -3.91. The molecule has 34 heavy (non-hydrogen) atoms. The molecule has 174 valence electrons. The molecular formula is C23H16ClF2N3O3S2. The number of rotatable bonds is 6. The molecule has 0 bridgehead atoms. The van der Waals surface area contributed by atoms with Crippen molar-refractivity contribution >= 4 is 54.8 Å². The van der Waals surface area contributed by atoms with Gasteiger partial charge in [-0.15, -0.1) is 6.58 Å². The fourth-order valence-electron chi connectivity index (χ4n) is 3.21. The van der Waals surface area contributed by atoms with Gasteiger partial charge in [-0.25, -0.2) is 17.2 Å². The van der Waals surface area contributed by atoms with Gasteiger partial charge in [0.25, 0.3) is 15.9 Å². The van der Waals surface area contributed by atoms with Crippen LogP contribution in [0.2, 0.25) is 5.02 Å². The highest BCUT2D eigenvalue weighted by Gasteiger charge is 2.16. The number of carbonyl (C=O) groups is 1. The Labute approximate surface area is 202 Å². The highest BCUT2D eigenvalue weighted by Crippen LogP contribution is 2.23. The summed E-state index contributed by atoms with van der Waals surface area (Å²) in [6, 6.07) is 13.3. The largest absolute Gasteiger partial charge is 0.310 e. The first-order chi connectivity index (χ1) is 16.2. The molecule has 4 rings (SSSR count). The van der Waals surface area contributed by atoms with Gasteiger partial charge in [0.2, 0.25) is 0 Å². The maximum atomic E-state index is 14.4. The molecule has 0 spiro atoms. The summed E-state index contributed by atoms with van der Waals surface area (Å²) in [7, 11) is -3.91. The van der Waals surface area contributed by atoms with Gasteiger partial charge in [-0.1, -0.05) is 35.1 Å². The Bertz CT molecular complexity index is 1590. The molecule has 0 saturated carbocycles. The first kappa shape index (κ1) is 23.8. The van der Waals surface area contributed by atoms with Gasteiger partial charge in [0, 0.05) is 28.9 Å². The number of aromatic nitrogens is 1. The number of thiazole rings is 1. The SMILES string of the molecule is C=CCn1c(=NC(=O)c2cccc(NS(=O)(=O)c3ccc(Cl)cc3)c2)sc2cc(F)cc(F)c21. The molecular weight excluding hydrogens is 504 g/mol. The van der Waals surface area contributed by atoms with Crippen molar-refractivity contribution in [1.29, 1.82) is 0 Å². The number of halogens is 3. The van der Waals surface area contributed by atoms with E-state index < -0.39 is 27.6 Å². The summed E-state index contributed by atoms with van der Waals surface area (Å²) in [6.45, 7) is 3.78. The van der Waals surface area contributed by atoms with Crippen LogP contribution in [0.4, 0.5) is 14.5 Å². The zero-order valence-corrected chi connectivity index (χ0v) is 19.7. The molecule has 1 heterocycles. The van der Waals surface area contributed by atoms with Crippen LogP contribution >= 0.6 is 22.9 Å². The van der Waals surface area contributed by atoms with Gasteiger partial charge < -0.3 is 4.57 Å². The lowest BCUT2D eigenvalue weighted by atomic mass is 10.2. The smallest absolute Gasteiger partial charge is 0.279 e. The summed E-state index contributed by atoms with van der Waals surface area (Å²) in [5, 5.41) is 0.394. The summed E-state index contributed by atoms with van der Waals surface area (Å²) in [6.07, 6.45) is 1.50. The number of hydrogen-bond donors (Lipinski definition) is 1. The zero-order chi connectivity index (χ0) is 24.5. The Balaban J connectivity index is 1.70. The van der Waals surface area contributed by atoms with Crippen LogP contribution in [0.5, 0.6) is 0 Å². The number of fused-ring (bicyclic) bond motifs is 1. The summed E-state index contributed by atoms with van der Waals surface area (Å²) < 4.78 is 57.4. The van der Waals surface area contributed by atoms with Crippen molar-refractivity contribution in [2.45, 2.75) is 11.4 Å². The van der Waals surface area contributed by atoms with Gasteiger partial charge in [0.05, 0.1) is 15.1 Å². The van der Waals surface area contributed by atoms with E-state index in [1.807, 2.05) is 0 Å². The standard InChI is InChI=1S/C23H16ClF2N3O3S2/c1-2-10-29-21-19(26)12-16(25)13-20(21)33-23(29)27-22(30)14-4-3-5-17(11-14)28-34(31,32)18-8-6-15(24)7-9-18/h2-9,11-13,28H,1,10H2. The predicted octanol–water partition coefficient (Wildman–Crippen LogP) is 5.36. The number of benzene rings is 3. The number of nitrogens with zero attached hydrogens (tertiary/aromatic N) is 2. The second kappa shape index (κ2) is 9.49. The first-order valence-corrected chi connectivity index (χ1v) is 12.4. The number of carbonyl (C=O) groups excluding carboxylic acids is 1. The third kappa shape index (κ3) is 4.93. The lowest BCUT2D eigenvalue weighted by molar-refractivity contribution is 0.0998. The monoisotopic (exact) mass is 519 g/mol. The van der Waals surface area contributed by atoms with Crippen LogP contribution in [-0.2, 0) is 16.6 Å². The molecule has 3 aromatic carbocycles. The van der Waals surface area contributed by atoms with Crippen molar-refractivity contribution in [3.05, 3.63) is 100 Å². The fourth-order valence-corrected chi connectivity index (χ4v) is 5.46. The molecule has 11 heteroatoms. The molecule has 0 fully saturated rings. The molecule has 0 atom stereocenters. The Morgan fingerprint density at radius 3 is 2.59 bits per heavy atom. The summed E-state index contributed by atoms with van der Waals surface area (Å²) in [5.74, 6) is -2.20. The van der Waals surface area contributed by atoms with Gasteiger partial charge >= 0.3 is 0 Å². The van der Waals surface area contributed by atoms with Crippen molar-refractivity contribution in [1.82, 2.24) is 4.57 Å². The molecule has 1 aromatic heterocycles.